The SMILES string of the molecule is Clc1ccccc1C(c1cccc2ccccc12)N1CCNCC1. The molecular weight excluding hydrogens is 316 g/mol. The number of rotatable bonds is 3. The van der Waals surface area contributed by atoms with Gasteiger partial charge in [-0.2, -0.15) is 0 Å². The van der Waals surface area contributed by atoms with Gasteiger partial charge in [-0.3, -0.25) is 4.90 Å². The van der Waals surface area contributed by atoms with Gasteiger partial charge in [0.05, 0.1) is 6.04 Å². The number of piperazine rings is 1. The molecule has 4 rings (SSSR count). The second-order valence-corrected chi connectivity index (χ2v) is 6.69. The number of nitrogens with one attached hydrogen (secondary N) is 1. The average molecular weight is 337 g/mol. The number of hydrogen-bond acceptors (Lipinski definition) is 2. The molecule has 1 atom stereocenters. The molecule has 0 aliphatic carbocycles. The van der Waals surface area contributed by atoms with Crippen molar-refractivity contribution in [2.45, 2.75) is 6.04 Å². The fourth-order valence-electron chi connectivity index (χ4n) is 3.69. The Bertz CT molecular complexity index is 835. The van der Waals surface area contributed by atoms with E-state index in [0.717, 1.165) is 31.2 Å². The van der Waals surface area contributed by atoms with Crippen molar-refractivity contribution in [1.82, 2.24) is 10.2 Å². The zero-order valence-corrected chi connectivity index (χ0v) is 14.3. The first kappa shape index (κ1) is 15.6. The van der Waals surface area contributed by atoms with Crippen LogP contribution in [0.15, 0.2) is 66.7 Å². The molecule has 1 fully saturated rings. The van der Waals surface area contributed by atoms with Gasteiger partial charge in [0.25, 0.3) is 0 Å². The average Bonchev–Trinajstić information content (AvgIpc) is 2.65. The monoisotopic (exact) mass is 336 g/mol. The standard InChI is InChI=1S/C21H21ClN2/c22-20-11-4-3-9-19(20)21(24-14-12-23-13-15-24)18-10-5-7-16-6-1-2-8-17(16)18/h1-11,21,23H,12-15H2. The van der Waals surface area contributed by atoms with Gasteiger partial charge in [-0.25, -0.2) is 0 Å². The molecule has 24 heavy (non-hydrogen) atoms. The van der Waals surface area contributed by atoms with Gasteiger partial charge in [0, 0.05) is 31.2 Å². The quantitative estimate of drug-likeness (QED) is 0.758. The number of halogens is 1. The summed E-state index contributed by atoms with van der Waals surface area (Å²) in [5.41, 5.74) is 2.53. The third-order valence-corrected chi connectivity index (χ3v) is 5.18. The topological polar surface area (TPSA) is 15.3 Å². The van der Waals surface area contributed by atoms with Gasteiger partial charge in [-0.15, -0.1) is 0 Å². The van der Waals surface area contributed by atoms with E-state index in [2.05, 4.69) is 64.8 Å². The van der Waals surface area contributed by atoms with Gasteiger partial charge in [0.15, 0.2) is 0 Å². The fourth-order valence-corrected chi connectivity index (χ4v) is 3.93. The molecule has 0 bridgehead atoms. The van der Waals surface area contributed by atoms with Crippen LogP contribution in [0.4, 0.5) is 0 Å². The minimum absolute atomic E-state index is 0.187. The maximum Gasteiger partial charge on any atom is 0.0623 e. The Balaban J connectivity index is 1.90. The number of fused-ring (bicyclic) bond motifs is 1. The summed E-state index contributed by atoms with van der Waals surface area (Å²) in [6.07, 6.45) is 0. The van der Waals surface area contributed by atoms with Gasteiger partial charge >= 0.3 is 0 Å². The molecule has 1 aliphatic heterocycles. The molecule has 122 valence electrons. The number of benzene rings is 3. The van der Waals surface area contributed by atoms with E-state index in [9.17, 15) is 0 Å². The van der Waals surface area contributed by atoms with Crippen LogP contribution in [-0.2, 0) is 0 Å². The molecule has 0 aromatic heterocycles. The molecule has 3 aromatic rings. The van der Waals surface area contributed by atoms with Gasteiger partial charge in [-0.1, -0.05) is 72.3 Å². The Morgan fingerprint density at radius 2 is 1.46 bits per heavy atom. The predicted molar refractivity (Wildman–Crippen MR) is 102 cm³/mol. The Kier molecular flexibility index (Phi) is 4.52. The summed E-state index contributed by atoms with van der Waals surface area (Å²) in [4.78, 5) is 2.54. The highest BCUT2D eigenvalue weighted by atomic mass is 35.5. The van der Waals surface area contributed by atoms with Crippen LogP contribution in [0.1, 0.15) is 17.2 Å². The Morgan fingerprint density at radius 3 is 2.29 bits per heavy atom. The summed E-state index contributed by atoms with van der Waals surface area (Å²) in [6.45, 7) is 4.09. The van der Waals surface area contributed by atoms with E-state index in [1.54, 1.807) is 0 Å². The van der Waals surface area contributed by atoms with Crippen LogP contribution >= 0.6 is 11.6 Å². The first-order chi connectivity index (χ1) is 11.8. The Hall–Kier alpha value is -1.87. The zero-order chi connectivity index (χ0) is 16.4. The summed E-state index contributed by atoms with van der Waals surface area (Å²) in [5, 5.41) is 6.88. The lowest BCUT2D eigenvalue weighted by molar-refractivity contribution is 0.199. The van der Waals surface area contributed by atoms with Gasteiger partial charge in [-0.05, 0) is 28.0 Å². The smallest absolute Gasteiger partial charge is 0.0623 e. The Labute approximate surface area is 148 Å². The van der Waals surface area contributed by atoms with Crippen molar-refractivity contribution in [2.24, 2.45) is 0 Å². The van der Waals surface area contributed by atoms with Crippen LogP contribution < -0.4 is 5.32 Å². The van der Waals surface area contributed by atoms with E-state index < -0.39 is 0 Å². The third-order valence-electron chi connectivity index (χ3n) is 4.83. The largest absolute Gasteiger partial charge is 0.314 e. The molecule has 1 N–H and O–H groups in total. The molecule has 1 aliphatic rings. The molecule has 1 heterocycles. The lowest BCUT2D eigenvalue weighted by Gasteiger charge is -2.36. The van der Waals surface area contributed by atoms with Gasteiger partial charge in [0.1, 0.15) is 0 Å². The van der Waals surface area contributed by atoms with Crippen LogP contribution in [0.5, 0.6) is 0 Å². The Morgan fingerprint density at radius 1 is 0.792 bits per heavy atom. The number of hydrogen-bond donors (Lipinski definition) is 1. The molecule has 0 spiro atoms. The summed E-state index contributed by atoms with van der Waals surface area (Å²) in [6, 6.07) is 23.6. The lowest BCUT2D eigenvalue weighted by atomic mass is 9.92. The van der Waals surface area contributed by atoms with Crippen molar-refractivity contribution in [3.8, 4) is 0 Å². The molecule has 1 saturated heterocycles. The molecule has 3 aromatic carbocycles. The molecule has 3 heteroatoms. The minimum atomic E-state index is 0.187. The van der Waals surface area contributed by atoms with Gasteiger partial charge in [0.2, 0.25) is 0 Å². The van der Waals surface area contributed by atoms with Crippen LogP contribution in [0, 0.1) is 0 Å². The first-order valence-corrected chi connectivity index (χ1v) is 8.89. The van der Waals surface area contributed by atoms with Crippen molar-refractivity contribution < 1.29 is 0 Å². The lowest BCUT2D eigenvalue weighted by Crippen LogP contribution is -2.45. The normalized spacial score (nSPS) is 17.0. The van der Waals surface area contributed by atoms with E-state index in [0.29, 0.717) is 0 Å². The van der Waals surface area contributed by atoms with Crippen LogP contribution in [-0.4, -0.2) is 31.1 Å². The van der Waals surface area contributed by atoms with Crippen LogP contribution in [0.25, 0.3) is 10.8 Å². The highest BCUT2D eigenvalue weighted by Crippen LogP contribution is 2.36. The van der Waals surface area contributed by atoms with Crippen LogP contribution in [0.3, 0.4) is 0 Å². The maximum absolute atomic E-state index is 6.60. The van der Waals surface area contributed by atoms with E-state index in [-0.39, 0.29) is 6.04 Å². The second kappa shape index (κ2) is 6.94. The minimum Gasteiger partial charge on any atom is -0.314 e. The summed E-state index contributed by atoms with van der Waals surface area (Å²) in [7, 11) is 0. The van der Waals surface area contributed by atoms with Crippen molar-refractivity contribution in [1.29, 1.82) is 0 Å². The van der Waals surface area contributed by atoms with E-state index in [4.69, 9.17) is 11.6 Å². The van der Waals surface area contributed by atoms with E-state index in [1.165, 1.54) is 21.9 Å². The molecule has 0 amide bonds. The van der Waals surface area contributed by atoms with Crippen molar-refractivity contribution in [3.05, 3.63) is 82.9 Å². The van der Waals surface area contributed by atoms with Crippen molar-refractivity contribution >= 4 is 22.4 Å². The van der Waals surface area contributed by atoms with E-state index >= 15 is 0 Å². The summed E-state index contributed by atoms with van der Waals surface area (Å²) in [5.74, 6) is 0. The molecule has 1 unspecified atom stereocenters. The van der Waals surface area contributed by atoms with Crippen molar-refractivity contribution in [2.75, 3.05) is 26.2 Å². The molecule has 0 radical (unpaired) electrons. The fraction of sp³-hybridized carbons (Fsp3) is 0.238. The highest BCUT2D eigenvalue weighted by Gasteiger charge is 2.26. The summed E-state index contributed by atoms with van der Waals surface area (Å²) < 4.78 is 0. The third kappa shape index (κ3) is 2.93. The summed E-state index contributed by atoms with van der Waals surface area (Å²) >= 11 is 6.60. The van der Waals surface area contributed by atoms with Gasteiger partial charge < -0.3 is 5.32 Å². The zero-order valence-electron chi connectivity index (χ0n) is 13.6. The predicted octanol–water partition coefficient (Wildman–Crippen LogP) is 4.49. The second-order valence-electron chi connectivity index (χ2n) is 6.28. The van der Waals surface area contributed by atoms with Crippen LogP contribution in [0.2, 0.25) is 5.02 Å². The maximum atomic E-state index is 6.60. The number of nitrogens with zero attached hydrogens (tertiary/aromatic N) is 1. The molecular formula is C21H21ClN2. The highest BCUT2D eigenvalue weighted by molar-refractivity contribution is 6.31. The first-order valence-electron chi connectivity index (χ1n) is 8.51. The molecule has 0 saturated carbocycles. The molecule has 2 nitrogen and oxygen atoms in total. The van der Waals surface area contributed by atoms with Crippen molar-refractivity contribution in [3.63, 3.8) is 0 Å². The van der Waals surface area contributed by atoms with E-state index in [1.807, 2.05) is 12.1 Å².